The van der Waals surface area contributed by atoms with Gasteiger partial charge in [-0.2, -0.15) is 10.1 Å². The zero-order chi connectivity index (χ0) is 11.7. The number of nitrogens with zero attached hydrogens (tertiary/aromatic N) is 5. The Kier molecular flexibility index (Phi) is 2.40. The van der Waals surface area contributed by atoms with Crippen LogP contribution < -0.4 is 9.64 Å². The fourth-order valence-electron chi connectivity index (χ4n) is 1.88. The number of anilines is 1. The Morgan fingerprint density at radius 3 is 2.94 bits per heavy atom. The van der Waals surface area contributed by atoms with Gasteiger partial charge in [0.2, 0.25) is 11.8 Å². The molecular formula is C11H13N5O. The molecule has 0 aliphatic carbocycles. The van der Waals surface area contributed by atoms with Crippen LogP contribution in [0.3, 0.4) is 0 Å². The van der Waals surface area contributed by atoms with Crippen molar-refractivity contribution < 1.29 is 4.74 Å². The van der Waals surface area contributed by atoms with E-state index in [2.05, 4.69) is 20.0 Å². The number of rotatable bonds is 3. The topological polar surface area (TPSA) is 56.1 Å². The van der Waals surface area contributed by atoms with Crippen molar-refractivity contribution in [2.24, 2.45) is 0 Å². The Balaban J connectivity index is 1.68. The normalized spacial score (nSPS) is 15.7. The molecule has 0 unspecified atom stereocenters. The van der Waals surface area contributed by atoms with Gasteiger partial charge >= 0.3 is 0 Å². The first kappa shape index (κ1) is 10.1. The largest absolute Gasteiger partial charge is 0.481 e. The smallest absolute Gasteiger partial charge is 0.228 e. The fourth-order valence-corrected chi connectivity index (χ4v) is 1.88. The summed E-state index contributed by atoms with van der Waals surface area (Å²) < 4.78 is 7.05. The standard InChI is InChI=1S/C11H13N5O/c1-17-10-3-5-12-11(14-10)15-7-9(8-15)16-6-2-4-13-16/h2-6,9H,7-8H2,1H3. The van der Waals surface area contributed by atoms with Crippen molar-refractivity contribution in [2.75, 3.05) is 25.1 Å². The van der Waals surface area contributed by atoms with Gasteiger partial charge in [0.15, 0.2) is 0 Å². The molecule has 6 heteroatoms. The molecule has 0 N–H and O–H groups in total. The van der Waals surface area contributed by atoms with Gasteiger partial charge in [0, 0.05) is 37.7 Å². The van der Waals surface area contributed by atoms with E-state index in [1.54, 1.807) is 25.6 Å². The van der Waals surface area contributed by atoms with Gasteiger partial charge in [-0.15, -0.1) is 0 Å². The minimum absolute atomic E-state index is 0.416. The monoisotopic (exact) mass is 231 g/mol. The van der Waals surface area contributed by atoms with E-state index in [1.807, 2.05) is 16.9 Å². The van der Waals surface area contributed by atoms with Crippen molar-refractivity contribution in [3.05, 3.63) is 30.7 Å². The van der Waals surface area contributed by atoms with Crippen LogP contribution in [0.1, 0.15) is 6.04 Å². The van der Waals surface area contributed by atoms with Crippen molar-refractivity contribution in [1.29, 1.82) is 0 Å². The van der Waals surface area contributed by atoms with E-state index < -0.39 is 0 Å². The molecule has 3 heterocycles. The molecule has 0 amide bonds. The summed E-state index contributed by atoms with van der Waals surface area (Å²) in [7, 11) is 1.61. The number of hydrogen-bond acceptors (Lipinski definition) is 5. The highest BCUT2D eigenvalue weighted by molar-refractivity contribution is 5.36. The first-order valence-electron chi connectivity index (χ1n) is 5.48. The number of hydrogen-bond donors (Lipinski definition) is 0. The summed E-state index contributed by atoms with van der Waals surface area (Å²) >= 11 is 0. The second-order valence-corrected chi connectivity index (χ2v) is 3.94. The predicted molar refractivity (Wildman–Crippen MR) is 62.1 cm³/mol. The lowest BCUT2D eigenvalue weighted by atomic mass is 10.1. The van der Waals surface area contributed by atoms with Crippen LogP contribution in [-0.2, 0) is 0 Å². The molecule has 6 nitrogen and oxygen atoms in total. The fraction of sp³-hybridized carbons (Fsp3) is 0.364. The molecule has 0 bridgehead atoms. The third-order valence-corrected chi connectivity index (χ3v) is 2.87. The van der Waals surface area contributed by atoms with Gasteiger partial charge < -0.3 is 9.64 Å². The van der Waals surface area contributed by atoms with E-state index in [1.165, 1.54) is 0 Å². The maximum absolute atomic E-state index is 5.08. The summed E-state index contributed by atoms with van der Waals surface area (Å²) in [5.74, 6) is 1.31. The molecule has 0 spiro atoms. The second kappa shape index (κ2) is 4.04. The van der Waals surface area contributed by atoms with Crippen LogP contribution in [0, 0.1) is 0 Å². The van der Waals surface area contributed by atoms with Crippen molar-refractivity contribution in [1.82, 2.24) is 19.7 Å². The minimum atomic E-state index is 0.416. The molecule has 88 valence electrons. The highest BCUT2D eigenvalue weighted by atomic mass is 16.5. The van der Waals surface area contributed by atoms with Crippen molar-refractivity contribution in [2.45, 2.75) is 6.04 Å². The van der Waals surface area contributed by atoms with Gasteiger partial charge in [0.1, 0.15) is 0 Å². The van der Waals surface area contributed by atoms with E-state index in [-0.39, 0.29) is 0 Å². The zero-order valence-electron chi connectivity index (χ0n) is 9.52. The second-order valence-electron chi connectivity index (χ2n) is 3.94. The van der Waals surface area contributed by atoms with Crippen LogP contribution >= 0.6 is 0 Å². The molecule has 17 heavy (non-hydrogen) atoms. The van der Waals surface area contributed by atoms with Gasteiger partial charge in [-0.25, -0.2) is 4.98 Å². The molecule has 0 saturated carbocycles. The van der Waals surface area contributed by atoms with Gasteiger partial charge in [-0.3, -0.25) is 4.68 Å². The Labute approximate surface area is 98.9 Å². The Morgan fingerprint density at radius 2 is 2.24 bits per heavy atom. The Bertz CT molecular complexity index is 492. The molecule has 1 aliphatic heterocycles. The molecule has 1 aliphatic rings. The first-order chi connectivity index (χ1) is 8.36. The summed E-state index contributed by atoms with van der Waals surface area (Å²) in [6, 6.07) is 4.10. The molecule has 1 saturated heterocycles. The molecule has 0 atom stereocenters. The maximum Gasteiger partial charge on any atom is 0.228 e. The lowest BCUT2D eigenvalue weighted by molar-refractivity contribution is 0.358. The summed E-state index contributed by atoms with van der Waals surface area (Å²) in [6.07, 6.45) is 5.49. The van der Waals surface area contributed by atoms with E-state index in [9.17, 15) is 0 Å². The van der Waals surface area contributed by atoms with Crippen LogP contribution in [0.2, 0.25) is 0 Å². The SMILES string of the molecule is COc1ccnc(N2CC(n3cccn3)C2)n1. The molecule has 2 aromatic heterocycles. The molecule has 0 radical (unpaired) electrons. The van der Waals surface area contributed by atoms with Gasteiger partial charge in [0.05, 0.1) is 13.2 Å². The lowest BCUT2D eigenvalue weighted by Crippen LogP contribution is -2.48. The van der Waals surface area contributed by atoms with Crippen molar-refractivity contribution in [3.8, 4) is 5.88 Å². The summed E-state index contributed by atoms with van der Waals surface area (Å²) in [5, 5.41) is 4.22. The van der Waals surface area contributed by atoms with Crippen LogP contribution in [0.5, 0.6) is 5.88 Å². The number of methoxy groups -OCH3 is 1. The minimum Gasteiger partial charge on any atom is -0.481 e. The first-order valence-corrected chi connectivity index (χ1v) is 5.48. The Morgan fingerprint density at radius 1 is 1.35 bits per heavy atom. The highest BCUT2D eigenvalue weighted by Crippen LogP contribution is 2.25. The molecule has 0 aromatic carbocycles. The quantitative estimate of drug-likeness (QED) is 0.780. The molecule has 3 rings (SSSR count). The van der Waals surface area contributed by atoms with Gasteiger partial charge in [-0.05, 0) is 6.07 Å². The number of ether oxygens (including phenoxy) is 1. The van der Waals surface area contributed by atoms with Crippen molar-refractivity contribution in [3.63, 3.8) is 0 Å². The molecule has 1 fully saturated rings. The van der Waals surface area contributed by atoms with Gasteiger partial charge in [0.25, 0.3) is 0 Å². The lowest BCUT2D eigenvalue weighted by Gasteiger charge is -2.39. The maximum atomic E-state index is 5.08. The average molecular weight is 231 g/mol. The summed E-state index contributed by atoms with van der Waals surface area (Å²) in [5.41, 5.74) is 0. The third kappa shape index (κ3) is 1.82. The summed E-state index contributed by atoms with van der Waals surface area (Å²) in [4.78, 5) is 10.6. The van der Waals surface area contributed by atoms with Gasteiger partial charge in [-0.1, -0.05) is 0 Å². The summed E-state index contributed by atoms with van der Waals surface area (Å²) in [6.45, 7) is 1.77. The van der Waals surface area contributed by atoms with E-state index in [0.717, 1.165) is 13.1 Å². The number of aromatic nitrogens is 4. The van der Waals surface area contributed by atoms with E-state index in [4.69, 9.17) is 4.74 Å². The third-order valence-electron chi connectivity index (χ3n) is 2.87. The van der Waals surface area contributed by atoms with Crippen molar-refractivity contribution >= 4 is 5.95 Å². The van der Waals surface area contributed by atoms with E-state index >= 15 is 0 Å². The zero-order valence-corrected chi connectivity index (χ0v) is 9.52. The van der Waals surface area contributed by atoms with E-state index in [0.29, 0.717) is 17.9 Å². The predicted octanol–water partition coefficient (Wildman–Crippen LogP) is 0.743. The molecule has 2 aromatic rings. The van der Waals surface area contributed by atoms with Crippen LogP contribution in [0.4, 0.5) is 5.95 Å². The molecular weight excluding hydrogens is 218 g/mol. The highest BCUT2D eigenvalue weighted by Gasteiger charge is 2.30. The van der Waals surface area contributed by atoms with Crippen LogP contribution in [-0.4, -0.2) is 39.9 Å². The Hall–Kier alpha value is -2.11. The van der Waals surface area contributed by atoms with Crippen LogP contribution in [0.25, 0.3) is 0 Å². The average Bonchev–Trinajstić information content (AvgIpc) is 2.81. The van der Waals surface area contributed by atoms with Crippen LogP contribution in [0.15, 0.2) is 30.7 Å².